The third-order valence-electron chi connectivity index (χ3n) is 5.64. The molecule has 0 radical (unpaired) electrons. The van der Waals surface area contributed by atoms with Crippen LogP contribution in [0, 0.1) is 0 Å². The summed E-state index contributed by atoms with van der Waals surface area (Å²) in [6.07, 6.45) is 9.77. The lowest BCUT2D eigenvalue weighted by atomic mass is 10.1. The molecule has 4 aromatic rings. The van der Waals surface area contributed by atoms with Crippen molar-refractivity contribution in [1.29, 1.82) is 0 Å². The molecule has 164 valence electrons. The molecule has 0 spiro atoms. The minimum Gasteiger partial charge on any atom is -0.478 e. The molecule has 1 aliphatic heterocycles. The summed E-state index contributed by atoms with van der Waals surface area (Å²) in [4.78, 5) is 16.1. The van der Waals surface area contributed by atoms with Gasteiger partial charge in [-0.15, -0.1) is 0 Å². The second kappa shape index (κ2) is 9.06. The van der Waals surface area contributed by atoms with Gasteiger partial charge in [-0.25, -0.2) is 9.97 Å². The number of hydrogen-bond acceptors (Lipinski definition) is 6. The van der Waals surface area contributed by atoms with E-state index in [1.54, 1.807) is 0 Å². The van der Waals surface area contributed by atoms with Crippen molar-refractivity contribution in [1.82, 2.24) is 24.3 Å². The maximum Gasteiger partial charge on any atom is 0.213 e. The van der Waals surface area contributed by atoms with Crippen LogP contribution < -0.4 is 4.74 Å². The molecule has 0 saturated carbocycles. The minimum absolute atomic E-state index is 0.630. The predicted molar refractivity (Wildman–Crippen MR) is 126 cm³/mol. The summed E-state index contributed by atoms with van der Waals surface area (Å²) in [5.74, 6) is 0.652. The van der Waals surface area contributed by atoms with Crippen LogP contribution in [-0.4, -0.2) is 64.7 Å². The molecule has 1 aliphatic rings. The number of hydrogen-bond donors (Lipinski definition) is 0. The van der Waals surface area contributed by atoms with Crippen molar-refractivity contribution in [3.05, 3.63) is 60.7 Å². The number of ether oxygens (including phenoxy) is 2. The number of imidazole rings is 1. The van der Waals surface area contributed by atoms with Crippen molar-refractivity contribution in [2.75, 3.05) is 40.5 Å². The molecule has 5 heterocycles. The summed E-state index contributed by atoms with van der Waals surface area (Å²) in [6.45, 7) is 3.01. The lowest BCUT2D eigenvalue weighted by Gasteiger charge is -2.14. The summed E-state index contributed by atoms with van der Waals surface area (Å²) in [6, 6.07) is 10.1. The average Bonchev–Trinajstić information content (AvgIpc) is 3.21. The molecule has 0 bridgehead atoms. The molecular weight excluding hydrogens is 402 g/mol. The van der Waals surface area contributed by atoms with Crippen LogP contribution in [0.2, 0.25) is 0 Å². The zero-order valence-corrected chi connectivity index (χ0v) is 18.5. The van der Waals surface area contributed by atoms with Gasteiger partial charge in [-0.05, 0) is 56.8 Å². The van der Waals surface area contributed by atoms with Gasteiger partial charge < -0.3 is 14.4 Å². The Morgan fingerprint density at radius 1 is 1.09 bits per heavy atom. The van der Waals surface area contributed by atoms with Crippen molar-refractivity contribution in [2.45, 2.75) is 12.8 Å². The Morgan fingerprint density at radius 2 is 2.00 bits per heavy atom. The van der Waals surface area contributed by atoms with E-state index in [9.17, 15) is 0 Å². The van der Waals surface area contributed by atoms with Gasteiger partial charge in [0, 0.05) is 42.3 Å². The van der Waals surface area contributed by atoms with E-state index in [2.05, 4.69) is 52.8 Å². The van der Waals surface area contributed by atoms with Crippen molar-refractivity contribution in [3.8, 4) is 17.0 Å². The highest BCUT2D eigenvalue weighted by Crippen LogP contribution is 2.29. The van der Waals surface area contributed by atoms with Gasteiger partial charge in [0.15, 0.2) is 0 Å². The predicted octanol–water partition coefficient (Wildman–Crippen LogP) is 4.08. The van der Waals surface area contributed by atoms with E-state index in [0.717, 1.165) is 59.5 Å². The highest BCUT2D eigenvalue weighted by Gasteiger charge is 2.16. The van der Waals surface area contributed by atoms with Gasteiger partial charge in [0.1, 0.15) is 5.65 Å². The van der Waals surface area contributed by atoms with Gasteiger partial charge in [-0.2, -0.15) is 0 Å². The zero-order valence-electron chi connectivity index (χ0n) is 18.5. The number of fused-ring (bicyclic) bond motifs is 3. The SMILES string of the molecule is CN(C)CCCOc1ccc(-c2ccc3nc4ccnc(C5=CCOCC5)c4n3c2)cn1. The molecule has 0 saturated heterocycles. The Kier molecular flexibility index (Phi) is 5.83. The van der Waals surface area contributed by atoms with Gasteiger partial charge in [0.05, 0.1) is 36.5 Å². The molecule has 0 aromatic carbocycles. The van der Waals surface area contributed by atoms with Crippen molar-refractivity contribution in [2.24, 2.45) is 0 Å². The number of aromatic nitrogens is 4. The maximum absolute atomic E-state index is 5.77. The molecule has 0 aliphatic carbocycles. The van der Waals surface area contributed by atoms with Crippen LogP contribution in [0.3, 0.4) is 0 Å². The van der Waals surface area contributed by atoms with Crippen molar-refractivity contribution in [3.63, 3.8) is 0 Å². The van der Waals surface area contributed by atoms with Crippen LogP contribution in [0.25, 0.3) is 33.4 Å². The quantitative estimate of drug-likeness (QED) is 0.413. The molecule has 5 rings (SSSR count). The van der Waals surface area contributed by atoms with Gasteiger partial charge in [-0.1, -0.05) is 6.08 Å². The third-order valence-corrected chi connectivity index (χ3v) is 5.64. The first-order valence-electron chi connectivity index (χ1n) is 11.0. The molecular formula is C25H27N5O2. The summed E-state index contributed by atoms with van der Waals surface area (Å²) in [5.41, 5.74) is 7.18. The van der Waals surface area contributed by atoms with E-state index < -0.39 is 0 Å². The normalized spacial score (nSPS) is 14.3. The Bertz CT molecular complexity index is 1260. The van der Waals surface area contributed by atoms with Gasteiger partial charge in [0.2, 0.25) is 5.88 Å². The van der Waals surface area contributed by atoms with Crippen LogP contribution >= 0.6 is 0 Å². The summed E-state index contributed by atoms with van der Waals surface area (Å²) < 4.78 is 13.4. The highest BCUT2D eigenvalue weighted by atomic mass is 16.5. The Hall–Kier alpha value is -3.29. The van der Waals surface area contributed by atoms with Gasteiger partial charge in [-0.3, -0.25) is 9.38 Å². The average molecular weight is 430 g/mol. The van der Waals surface area contributed by atoms with E-state index in [0.29, 0.717) is 19.1 Å². The molecule has 0 atom stereocenters. The largest absolute Gasteiger partial charge is 0.478 e. The van der Waals surface area contributed by atoms with Crippen LogP contribution in [0.15, 0.2) is 55.0 Å². The Balaban J connectivity index is 1.45. The lowest BCUT2D eigenvalue weighted by molar-refractivity contribution is 0.161. The monoisotopic (exact) mass is 429 g/mol. The molecule has 0 unspecified atom stereocenters. The smallest absolute Gasteiger partial charge is 0.213 e. The first-order valence-corrected chi connectivity index (χ1v) is 11.0. The standard InChI is InChI=1S/C25H27N5O2/c1-29(2)12-3-13-32-23-7-5-19(16-27-23)20-4-6-22-28-21-8-11-26-24(25(21)30(22)17-20)18-9-14-31-15-10-18/h4-9,11,16-17H,3,10,12-15H2,1-2H3. The molecule has 0 amide bonds. The Morgan fingerprint density at radius 3 is 2.78 bits per heavy atom. The molecule has 7 heteroatoms. The fourth-order valence-electron chi connectivity index (χ4n) is 4.00. The van der Waals surface area contributed by atoms with Crippen LogP contribution in [0.4, 0.5) is 0 Å². The van der Waals surface area contributed by atoms with E-state index in [1.807, 2.05) is 30.6 Å². The molecule has 32 heavy (non-hydrogen) atoms. The van der Waals surface area contributed by atoms with Crippen molar-refractivity contribution < 1.29 is 9.47 Å². The highest BCUT2D eigenvalue weighted by molar-refractivity contribution is 5.90. The molecule has 7 nitrogen and oxygen atoms in total. The third kappa shape index (κ3) is 4.22. The number of rotatable bonds is 7. The van der Waals surface area contributed by atoms with E-state index >= 15 is 0 Å². The summed E-state index contributed by atoms with van der Waals surface area (Å²) in [7, 11) is 4.12. The zero-order chi connectivity index (χ0) is 21.9. The van der Waals surface area contributed by atoms with Gasteiger partial charge >= 0.3 is 0 Å². The lowest BCUT2D eigenvalue weighted by Crippen LogP contribution is -2.15. The molecule has 4 aromatic heterocycles. The van der Waals surface area contributed by atoms with E-state index in [-0.39, 0.29) is 0 Å². The fourth-order valence-corrected chi connectivity index (χ4v) is 4.00. The second-order valence-corrected chi connectivity index (χ2v) is 8.23. The topological polar surface area (TPSA) is 64.8 Å². The number of nitrogens with zero attached hydrogens (tertiary/aromatic N) is 5. The second-order valence-electron chi connectivity index (χ2n) is 8.23. The van der Waals surface area contributed by atoms with Crippen LogP contribution in [-0.2, 0) is 4.74 Å². The maximum atomic E-state index is 5.77. The summed E-state index contributed by atoms with van der Waals surface area (Å²) in [5, 5.41) is 0. The molecule has 0 fully saturated rings. The Labute approximate surface area is 187 Å². The molecule has 0 N–H and O–H groups in total. The minimum atomic E-state index is 0.630. The number of pyridine rings is 3. The van der Waals surface area contributed by atoms with E-state index in [1.165, 1.54) is 5.57 Å². The first-order chi connectivity index (χ1) is 15.7. The summed E-state index contributed by atoms with van der Waals surface area (Å²) >= 11 is 0. The van der Waals surface area contributed by atoms with Crippen LogP contribution in [0.1, 0.15) is 18.5 Å². The van der Waals surface area contributed by atoms with Crippen molar-refractivity contribution >= 4 is 22.3 Å². The van der Waals surface area contributed by atoms with E-state index in [4.69, 9.17) is 19.4 Å². The fraction of sp³-hybridized carbons (Fsp3) is 0.320. The van der Waals surface area contributed by atoms with Crippen LogP contribution in [0.5, 0.6) is 5.88 Å². The first kappa shape index (κ1) is 20.6. The van der Waals surface area contributed by atoms with Gasteiger partial charge in [0.25, 0.3) is 0 Å².